The summed E-state index contributed by atoms with van der Waals surface area (Å²) in [6, 6.07) is 6.11. The number of hydrogen-bond donors (Lipinski definition) is 2. The van der Waals surface area contributed by atoms with Gasteiger partial charge in [-0.2, -0.15) is 0 Å². The molecule has 23 heavy (non-hydrogen) atoms. The van der Waals surface area contributed by atoms with Gasteiger partial charge in [0.05, 0.1) is 5.52 Å². The molecule has 2 N–H and O–H groups in total. The topological polar surface area (TPSA) is 71.8 Å². The summed E-state index contributed by atoms with van der Waals surface area (Å²) in [5.74, 6) is -0.0554. The minimum absolute atomic E-state index is 0.0554. The molecule has 1 saturated carbocycles. The first-order valence-electron chi connectivity index (χ1n) is 8.55. The number of aromatic nitrogens is 3. The van der Waals surface area contributed by atoms with Crippen LogP contribution in [0, 0.1) is 0 Å². The van der Waals surface area contributed by atoms with Gasteiger partial charge in [0.1, 0.15) is 5.52 Å². The molecule has 0 spiro atoms. The smallest absolute Gasteiger partial charge is 0.251 e. The second-order valence-corrected chi connectivity index (χ2v) is 6.32. The summed E-state index contributed by atoms with van der Waals surface area (Å²) in [6.07, 6.45) is 7.89. The molecule has 6 heteroatoms. The normalized spacial score (nSPS) is 16.4. The molecule has 1 heterocycles. The molecule has 0 unspecified atom stereocenters. The number of benzene rings is 1. The molecule has 1 aliphatic carbocycles. The number of amides is 1. The van der Waals surface area contributed by atoms with Crippen LogP contribution in [0.2, 0.25) is 0 Å². The number of carbonyl (C=O) groups excluding carboxylic acids is 1. The van der Waals surface area contributed by atoms with E-state index < -0.39 is 0 Å². The van der Waals surface area contributed by atoms with E-state index in [4.69, 9.17) is 0 Å². The summed E-state index contributed by atoms with van der Waals surface area (Å²) >= 11 is 0. The second kappa shape index (κ2) is 7.55. The van der Waals surface area contributed by atoms with Gasteiger partial charge in [-0.1, -0.05) is 30.9 Å². The Balaban J connectivity index is 1.46. The zero-order chi connectivity index (χ0) is 16.1. The average Bonchev–Trinajstić information content (AvgIpc) is 2.77. The van der Waals surface area contributed by atoms with Crippen molar-refractivity contribution >= 4 is 16.9 Å². The van der Waals surface area contributed by atoms with Gasteiger partial charge in [0, 0.05) is 31.7 Å². The van der Waals surface area contributed by atoms with Crippen LogP contribution in [0.25, 0.3) is 11.0 Å². The lowest BCUT2D eigenvalue weighted by Gasteiger charge is -2.16. The van der Waals surface area contributed by atoms with Crippen molar-refractivity contribution in [3.8, 4) is 0 Å². The van der Waals surface area contributed by atoms with Gasteiger partial charge in [0.2, 0.25) is 0 Å². The van der Waals surface area contributed by atoms with Crippen LogP contribution in [0.1, 0.15) is 48.9 Å². The van der Waals surface area contributed by atoms with Gasteiger partial charge in [-0.05, 0) is 31.0 Å². The molecular formula is C17H25N5O. The van der Waals surface area contributed by atoms with Gasteiger partial charge in [-0.25, -0.2) is 4.68 Å². The number of aryl methyl sites for hydroxylation is 1. The monoisotopic (exact) mass is 315 g/mol. The predicted molar refractivity (Wildman–Crippen MR) is 90.3 cm³/mol. The summed E-state index contributed by atoms with van der Waals surface area (Å²) in [6.45, 7) is 1.47. The zero-order valence-electron chi connectivity index (χ0n) is 13.7. The molecule has 0 aliphatic heterocycles. The van der Waals surface area contributed by atoms with Crippen LogP contribution in [0.5, 0.6) is 0 Å². The van der Waals surface area contributed by atoms with Gasteiger partial charge < -0.3 is 10.6 Å². The third-order valence-electron chi connectivity index (χ3n) is 4.57. The predicted octanol–water partition coefficient (Wildman–Crippen LogP) is 2.01. The van der Waals surface area contributed by atoms with Crippen LogP contribution >= 0.6 is 0 Å². The Morgan fingerprint density at radius 3 is 2.78 bits per heavy atom. The van der Waals surface area contributed by atoms with Gasteiger partial charge in [0.15, 0.2) is 0 Å². The first-order chi connectivity index (χ1) is 11.2. The lowest BCUT2D eigenvalue weighted by atomic mass is 10.1. The first-order valence-corrected chi connectivity index (χ1v) is 8.55. The molecule has 1 aromatic heterocycles. The van der Waals surface area contributed by atoms with Crippen LogP contribution in [-0.2, 0) is 7.05 Å². The van der Waals surface area contributed by atoms with E-state index in [-0.39, 0.29) is 5.91 Å². The Morgan fingerprint density at radius 1 is 1.22 bits per heavy atom. The van der Waals surface area contributed by atoms with Crippen molar-refractivity contribution in [3.05, 3.63) is 23.8 Å². The molecule has 0 radical (unpaired) electrons. The van der Waals surface area contributed by atoms with E-state index in [2.05, 4.69) is 20.9 Å². The van der Waals surface area contributed by atoms with Crippen molar-refractivity contribution in [2.24, 2.45) is 7.05 Å². The maximum atomic E-state index is 12.2. The maximum Gasteiger partial charge on any atom is 0.251 e. The van der Waals surface area contributed by atoms with Gasteiger partial charge >= 0.3 is 0 Å². The first kappa shape index (κ1) is 15.9. The van der Waals surface area contributed by atoms with Crippen LogP contribution in [-0.4, -0.2) is 40.0 Å². The lowest BCUT2D eigenvalue weighted by Crippen LogP contribution is -2.36. The van der Waals surface area contributed by atoms with E-state index in [0.29, 0.717) is 18.2 Å². The summed E-state index contributed by atoms with van der Waals surface area (Å²) in [5, 5.41) is 14.5. The molecule has 0 saturated heterocycles. The van der Waals surface area contributed by atoms with Crippen LogP contribution < -0.4 is 10.6 Å². The Kier molecular flexibility index (Phi) is 5.23. The van der Waals surface area contributed by atoms with Crippen molar-refractivity contribution < 1.29 is 4.79 Å². The number of rotatable bonds is 5. The van der Waals surface area contributed by atoms with Crippen LogP contribution in [0.15, 0.2) is 18.2 Å². The summed E-state index contributed by atoms with van der Waals surface area (Å²) < 4.78 is 1.70. The average molecular weight is 315 g/mol. The quantitative estimate of drug-likeness (QED) is 0.654. The highest BCUT2D eigenvalue weighted by molar-refractivity contribution is 5.97. The number of carbonyl (C=O) groups is 1. The molecule has 0 bridgehead atoms. The zero-order valence-corrected chi connectivity index (χ0v) is 13.7. The third-order valence-corrected chi connectivity index (χ3v) is 4.57. The van der Waals surface area contributed by atoms with Gasteiger partial charge in [-0.15, -0.1) is 5.10 Å². The fourth-order valence-electron chi connectivity index (χ4n) is 3.22. The standard InChI is InChI=1S/C17H25N5O/c1-22-16-9-8-13(12-15(16)20-21-22)17(23)19-11-10-18-14-6-4-2-3-5-7-14/h8-9,12,14,18H,2-7,10-11H2,1H3,(H,19,23). The van der Waals surface area contributed by atoms with Crippen molar-refractivity contribution in [1.82, 2.24) is 25.6 Å². The molecule has 2 aromatic rings. The van der Waals surface area contributed by atoms with Gasteiger partial charge in [0.25, 0.3) is 5.91 Å². The van der Waals surface area contributed by atoms with E-state index in [1.165, 1.54) is 38.5 Å². The molecule has 1 amide bonds. The highest BCUT2D eigenvalue weighted by Crippen LogP contribution is 2.17. The number of nitrogens with zero attached hydrogens (tertiary/aromatic N) is 3. The summed E-state index contributed by atoms with van der Waals surface area (Å²) in [5.41, 5.74) is 2.31. The van der Waals surface area contributed by atoms with E-state index in [1.54, 1.807) is 10.7 Å². The van der Waals surface area contributed by atoms with Crippen molar-refractivity contribution in [3.63, 3.8) is 0 Å². The second-order valence-electron chi connectivity index (χ2n) is 6.32. The molecule has 1 aliphatic rings. The van der Waals surface area contributed by atoms with E-state index in [0.717, 1.165) is 17.6 Å². The summed E-state index contributed by atoms with van der Waals surface area (Å²) in [4.78, 5) is 12.2. The summed E-state index contributed by atoms with van der Waals surface area (Å²) in [7, 11) is 1.84. The molecule has 124 valence electrons. The van der Waals surface area contributed by atoms with E-state index in [9.17, 15) is 4.79 Å². The molecule has 1 fully saturated rings. The Bertz CT molecular complexity index is 658. The number of fused-ring (bicyclic) bond motifs is 1. The lowest BCUT2D eigenvalue weighted by molar-refractivity contribution is 0.0953. The Labute approximate surface area is 136 Å². The third kappa shape index (κ3) is 4.07. The Morgan fingerprint density at radius 2 is 2.00 bits per heavy atom. The molecular weight excluding hydrogens is 290 g/mol. The number of nitrogens with one attached hydrogen (secondary N) is 2. The highest BCUT2D eigenvalue weighted by atomic mass is 16.1. The van der Waals surface area contributed by atoms with Crippen molar-refractivity contribution in [2.45, 2.75) is 44.6 Å². The maximum absolute atomic E-state index is 12.2. The molecule has 6 nitrogen and oxygen atoms in total. The molecule has 1 aromatic carbocycles. The highest BCUT2D eigenvalue weighted by Gasteiger charge is 2.12. The van der Waals surface area contributed by atoms with Crippen LogP contribution in [0.3, 0.4) is 0 Å². The Hall–Kier alpha value is -1.95. The van der Waals surface area contributed by atoms with Crippen LogP contribution in [0.4, 0.5) is 0 Å². The van der Waals surface area contributed by atoms with Gasteiger partial charge in [-0.3, -0.25) is 4.79 Å². The van der Waals surface area contributed by atoms with E-state index >= 15 is 0 Å². The number of hydrogen-bond acceptors (Lipinski definition) is 4. The van der Waals surface area contributed by atoms with Crippen molar-refractivity contribution in [2.75, 3.05) is 13.1 Å². The van der Waals surface area contributed by atoms with E-state index in [1.807, 2.05) is 19.2 Å². The fraction of sp³-hybridized carbons (Fsp3) is 0.588. The molecule has 3 rings (SSSR count). The largest absolute Gasteiger partial charge is 0.351 e. The molecule has 0 atom stereocenters. The fourth-order valence-corrected chi connectivity index (χ4v) is 3.22. The SMILES string of the molecule is Cn1nnc2cc(C(=O)NCCNC3CCCCCC3)ccc21. The van der Waals surface area contributed by atoms with Crippen molar-refractivity contribution in [1.29, 1.82) is 0 Å². The minimum Gasteiger partial charge on any atom is -0.351 e. The minimum atomic E-state index is -0.0554.